The zero-order chi connectivity index (χ0) is 39.2. The molecule has 0 bridgehead atoms. The summed E-state index contributed by atoms with van der Waals surface area (Å²) in [5.41, 5.74) is 10.7. The number of para-hydroxylation sites is 2. The third-order valence-electron chi connectivity index (χ3n) is 9.32. The first-order valence-corrected chi connectivity index (χ1v) is 17.6. The molecule has 7 heteroatoms. The number of benzene rings is 4. The molecule has 271 valence electrons. The third kappa shape index (κ3) is 7.33. The number of aryl methyl sites for hydroxylation is 1. The molecule has 0 N–H and O–H groups in total. The van der Waals surface area contributed by atoms with Crippen LogP contribution in [0, 0.1) is 24.8 Å². The van der Waals surface area contributed by atoms with Crippen LogP contribution in [0.3, 0.4) is 0 Å². The fourth-order valence-corrected chi connectivity index (χ4v) is 6.68. The molecule has 1 radical (unpaired) electrons. The Morgan fingerprint density at radius 1 is 0.830 bits per heavy atom. The third-order valence-corrected chi connectivity index (χ3v) is 9.32. The van der Waals surface area contributed by atoms with Crippen LogP contribution in [0.2, 0.25) is 0 Å². The number of nitrogens with zero attached hydrogens (tertiary/aromatic N) is 4. The maximum Gasteiger partial charge on any atom is 0.120 e. The number of furan rings is 1. The Labute approximate surface area is 328 Å². The Balaban J connectivity index is 0.000000248. The molecule has 0 aliphatic carbocycles. The summed E-state index contributed by atoms with van der Waals surface area (Å²) in [4.78, 5) is 14.1. The second kappa shape index (κ2) is 15.2. The Morgan fingerprint density at radius 3 is 2.23 bits per heavy atom. The van der Waals surface area contributed by atoms with E-state index in [1.807, 2.05) is 30.6 Å². The maximum absolute atomic E-state index is 12.7. The van der Waals surface area contributed by atoms with Crippen LogP contribution in [0.5, 0.6) is 0 Å². The molecule has 4 aromatic carbocycles. The van der Waals surface area contributed by atoms with Gasteiger partial charge < -0.3 is 14.0 Å². The number of imidazole rings is 1. The molecule has 8 aromatic rings. The van der Waals surface area contributed by atoms with Crippen molar-refractivity contribution in [3.8, 4) is 28.3 Å². The number of rotatable bonds is 5. The van der Waals surface area contributed by atoms with Gasteiger partial charge >= 0.3 is 0 Å². The SMILES string of the molecule is CC(C)c1cccc(C(C)C)c1-n1c(-c2[c-]ccc3c2oc2ccccc23)nc2c(C(C)(C)C)cncc21.[2H]C([2H])([2H])c1ccc(-c2[c-]cc(F)cc2)nc1.[Ir]. The van der Waals surface area contributed by atoms with Crippen molar-refractivity contribution in [2.75, 3.05) is 0 Å². The van der Waals surface area contributed by atoms with Crippen molar-refractivity contribution < 1.29 is 33.0 Å². The fraction of sp³-hybridized carbons (Fsp3) is 0.239. The van der Waals surface area contributed by atoms with Crippen molar-refractivity contribution >= 4 is 33.0 Å². The molecular formula is C46H43FIrN4O-2. The van der Waals surface area contributed by atoms with Gasteiger partial charge in [-0.25, -0.2) is 0 Å². The quantitative estimate of drug-likeness (QED) is 0.162. The van der Waals surface area contributed by atoms with Gasteiger partial charge in [-0.15, -0.1) is 48.0 Å². The monoisotopic (exact) mass is 882 g/mol. The molecule has 0 unspecified atom stereocenters. The molecule has 0 saturated heterocycles. The molecule has 4 aromatic heterocycles. The number of aromatic nitrogens is 4. The van der Waals surface area contributed by atoms with Gasteiger partial charge in [0, 0.05) is 59.1 Å². The summed E-state index contributed by atoms with van der Waals surface area (Å²) in [5.74, 6) is 1.13. The normalized spacial score (nSPS) is 12.8. The minimum Gasteiger partial charge on any atom is -0.501 e. The molecule has 0 aliphatic heterocycles. The van der Waals surface area contributed by atoms with Crippen molar-refractivity contribution in [2.24, 2.45) is 0 Å². The molecular weight excluding hydrogens is 836 g/mol. The van der Waals surface area contributed by atoms with E-state index in [1.165, 1.54) is 41.2 Å². The minimum absolute atomic E-state index is 0. The standard InChI is InChI=1S/C34H34N3O.C12H9FN.Ir/c1-20(2)22-13-10-14-23(21(3)4)31(22)37-28-19-35-18-27(34(5,6)7)30(28)36-33(37)26-16-11-15-25-24-12-8-9-17-29(24)38-32(25)26;1-9-2-7-12(14-8-9)10-3-5-11(13)6-4-10;/h8-15,17-21H,1-7H3;2-3,5-8H,1H3;/q2*-1;/i;1D3;. The second-order valence-corrected chi connectivity index (χ2v) is 14.7. The summed E-state index contributed by atoms with van der Waals surface area (Å²) in [6.07, 6.45) is 5.23. The predicted octanol–water partition coefficient (Wildman–Crippen LogP) is 12.3. The average molecular weight is 882 g/mol. The molecule has 0 spiro atoms. The van der Waals surface area contributed by atoms with E-state index in [1.54, 1.807) is 12.1 Å². The van der Waals surface area contributed by atoms with Gasteiger partial charge in [0.1, 0.15) is 5.58 Å². The van der Waals surface area contributed by atoms with Crippen molar-refractivity contribution in [2.45, 2.75) is 72.6 Å². The first-order valence-electron chi connectivity index (χ1n) is 19.1. The van der Waals surface area contributed by atoms with Gasteiger partial charge in [-0.3, -0.25) is 14.4 Å². The van der Waals surface area contributed by atoms with E-state index in [0.717, 1.165) is 49.9 Å². The van der Waals surface area contributed by atoms with Crippen LogP contribution in [0.1, 0.15) is 86.7 Å². The van der Waals surface area contributed by atoms with E-state index in [2.05, 4.69) is 107 Å². The van der Waals surface area contributed by atoms with E-state index in [0.29, 0.717) is 23.1 Å². The van der Waals surface area contributed by atoms with Crippen LogP contribution in [-0.4, -0.2) is 19.5 Å². The summed E-state index contributed by atoms with van der Waals surface area (Å²) >= 11 is 0. The van der Waals surface area contributed by atoms with Crippen LogP contribution in [0.15, 0.2) is 108 Å². The van der Waals surface area contributed by atoms with Gasteiger partial charge in [0.25, 0.3) is 0 Å². The van der Waals surface area contributed by atoms with Gasteiger partial charge in [0.15, 0.2) is 0 Å². The van der Waals surface area contributed by atoms with Crippen molar-refractivity contribution in [1.29, 1.82) is 0 Å². The number of hydrogen-bond acceptors (Lipinski definition) is 4. The Morgan fingerprint density at radius 2 is 1.58 bits per heavy atom. The van der Waals surface area contributed by atoms with E-state index in [4.69, 9.17) is 18.5 Å². The van der Waals surface area contributed by atoms with Crippen LogP contribution in [0.4, 0.5) is 4.39 Å². The van der Waals surface area contributed by atoms with Gasteiger partial charge in [0.05, 0.1) is 28.6 Å². The van der Waals surface area contributed by atoms with E-state index in [-0.39, 0.29) is 36.9 Å². The van der Waals surface area contributed by atoms with Crippen LogP contribution in [0.25, 0.3) is 61.3 Å². The smallest absolute Gasteiger partial charge is 0.120 e. The molecule has 8 rings (SSSR count). The Kier molecular flexibility index (Phi) is 9.69. The van der Waals surface area contributed by atoms with Crippen molar-refractivity contribution in [3.05, 3.63) is 144 Å². The molecule has 0 saturated carbocycles. The first kappa shape index (κ1) is 33.8. The Hall–Kier alpha value is -4.97. The summed E-state index contributed by atoms with van der Waals surface area (Å²) in [6.45, 7) is 13.5. The summed E-state index contributed by atoms with van der Waals surface area (Å²) < 4.78 is 43.1. The molecule has 53 heavy (non-hydrogen) atoms. The maximum atomic E-state index is 12.7. The summed E-state index contributed by atoms with van der Waals surface area (Å²) in [6, 6.07) is 32.3. The van der Waals surface area contributed by atoms with Gasteiger partial charge in [-0.1, -0.05) is 108 Å². The molecule has 0 amide bonds. The average Bonchev–Trinajstić information content (AvgIpc) is 3.73. The first-order chi connectivity index (χ1) is 26.1. The molecule has 0 fully saturated rings. The molecule has 0 aliphatic rings. The summed E-state index contributed by atoms with van der Waals surface area (Å²) in [7, 11) is 0. The van der Waals surface area contributed by atoms with Gasteiger partial charge in [-0.2, -0.15) is 0 Å². The van der Waals surface area contributed by atoms with Gasteiger partial charge in [0.2, 0.25) is 0 Å². The summed E-state index contributed by atoms with van der Waals surface area (Å²) in [5, 5.41) is 2.17. The number of pyridine rings is 2. The molecule has 0 atom stereocenters. The Bertz CT molecular complexity index is 2610. The van der Waals surface area contributed by atoms with Crippen LogP contribution in [-0.2, 0) is 25.5 Å². The zero-order valence-electron chi connectivity index (χ0n) is 33.9. The number of fused-ring (bicyclic) bond motifs is 4. The topological polar surface area (TPSA) is 56.7 Å². The van der Waals surface area contributed by atoms with E-state index < -0.39 is 6.85 Å². The number of halogens is 1. The van der Waals surface area contributed by atoms with Crippen molar-refractivity contribution in [3.63, 3.8) is 0 Å². The minimum atomic E-state index is -2.15. The number of hydrogen-bond donors (Lipinski definition) is 0. The van der Waals surface area contributed by atoms with Crippen LogP contribution < -0.4 is 0 Å². The van der Waals surface area contributed by atoms with Crippen molar-refractivity contribution in [1.82, 2.24) is 19.5 Å². The molecule has 4 heterocycles. The largest absolute Gasteiger partial charge is 0.501 e. The predicted molar refractivity (Wildman–Crippen MR) is 210 cm³/mol. The van der Waals surface area contributed by atoms with E-state index in [9.17, 15) is 4.39 Å². The zero-order valence-corrected chi connectivity index (χ0v) is 33.3. The van der Waals surface area contributed by atoms with Gasteiger partial charge in [-0.05, 0) is 52.6 Å². The fourth-order valence-electron chi connectivity index (χ4n) is 6.68. The molecule has 5 nitrogen and oxygen atoms in total. The second-order valence-electron chi connectivity index (χ2n) is 14.7. The van der Waals surface area contributed by atoms with E-state index >= 15 is 0 Å². The van der Waals surface area contributed by atoms with Crippen LogP contribution >= 0.6 is 0 Å².